The number of carbonyl (C=O) groups excluding carboxylic acids is 2. The molecule has 0 heterocycles. The fourth-order valence-electron chi connectivity index (χ4n) is 1.87. The average Bonchev–Trinajstić information content (AvgIpc) is 2.20. The summed E-state index contributed by atoms with van der Waals surface area (Å²) in [5.74, 6) is -0.344. The van der Waals surface area contributed by atoms with Crippen molar-refractivity contribution in [1.29, 1.82) is 0 Å². The van der Waals surface area contributed by atoms with Crippen LogP contribution in [0.5, 0.6) is 0 Å². The molecule has 0 aromatic rings. The number of hydrogen-bond acceptors (Lipinski definition) is 4. The third-order valence-corrected chi connectivity index (χ3v) is 2.62. The Balaban J connectivity index is 2.53. The maximum atomic E-state index is 11.3. The van der Waals surface area contributed by atoms with Crippen LogP contribution in [0.2, 0.25) is 0 Å². The van der Waals surface area contributed by atoms with Crippen LogP contribution in [-0.2, 0) is 9.53 Å². The summed E-state index contributed by atoms with van der Waals surface area (Å²) < 4.78 is 5.13. The van der Waals surface area contributed by atoms with Gasteiger partial charge in [-0.25, -0.2) is 9.86 Å². The first-order valence-electron chi connectivity index (χ1n) is 5.41. The molecule has 0 aromatic carbocycles. The number of nitrogens with zero attached hydrogens (tertiary/aromatic N) is 1. The van der Waals surface area contributed by atoms with Crippen LogP contribution in [0.15, 0.2) is 0 Å². The van der Waals surface area contributed by atoms with E-state index in [1.807, 2.05) is 0 Å². The summed E-state index contributed by atoms with van der Waals surface area (Å²) >= 11 is 0. The lowest BCUT2D eigenvalue weighted by atomic mass is 9.92. The second-order valence-corrected chi connectivity index (χ2v) is 4.01. The van der Waals surface area contributed by atoms with E-state index in [4.69, 9.17) is 9.94 Å². The first-order chi connectivity index (χ1) is 7.50. The highest BCUT2D eigenvalue weighted by Crippen LogP contribution is 2.21. The largest absolute Gasteiger partial charge is 0.460 e. The van der Waals surface area contributed by atoms with Crippen molar-refractivity contribution in [2.24, 2.45) is 0 Å². The van der Waals surface area contributed by atoms with Crippen molar-refractivity contribution in [2.75, 3.05) is 7.05 Å². The molecule has 1 saturated carbocycles. The summed E-state index contributed by atoms with van der Waals surface area (Å²) in [5.41, 5.74) is 0. The minimum Gasteiger partial charge on any atom is -0.460 e. The maximum absolute atomic E-state index is 11.3. The molecule has 16 heavy (non-hydrogen) atoms. The third kappa shape index (κ3) is 3.69. The highest BCUT2D eigenvalue weighted by atomic mass is 16.5. The molecule has 0 saturated heterocycles. The molecule has 0 aromatic heterocycles. The van der Waals surface area contributed by atoms with Crippen LogP contribution >= 0.6 is 0 Å². The van der Waals surface area contributed by atoms with Crippen LogP contribution in [0, 0.1) is 0 Å². The summed E-state index contributed by atoms with van der Waals surface area (Å²) in [5, 5.41) is 12.1. The predicted molar refractivity (Wildman–Crippen MR) is 55.9 cm³/mol. The summed E-state index contributed by atoms with van der Waals surface area (Å²) in [7, 11) is 1.25. The van der Waals surface area contributed by atoms with E-state index >= 15 is 0 Å². The number of hydrogen-bond donors (Lipinski definition) is 2. The zero-order valence-electron chi connectivity index (χ0n) is 9.60. The van der Waals surface area contributed by atoms with Crippen molar-refractivity contribution in [3.05, 3.63) is 0 Å². The fourth-order valence-corrected chi connectivity index (χ4v) is 1.87. The quantitative estimate of drug-likeness (QED) is 0.419. The van der Waals surface area contributed by atoms with E-state index in [2.05, 4.69) is 5.32 Å². The van der Waals surface area contributed by atoms with Gasteiger partial charge < -0.3 is 10.1 Å². The second-order valence-electron chi connectivity index (χ2n) is 4.01. The number of rotatable bonds is 2. The Kier molecular flexibility index (Phi) is 4.54. The SMILES string of the molecule is CC(=O)OC1CCCCC1NC(=O)N(C)O. The Hall–Kier alpha value is -1.30. The fraction of sp³-hybridized carbons (Fsp3) is 0.800. The predicted octanol–water partition coefficient (Wildman–Crippen LogP) is 0.891. The van der Waals surface area contributed by atoms with Gasteiger partial charge >= 0.3 is 12.0 Å². The lowest BCUT2D eigenvalue weighted by Crippen LogP contribution is -2.50. The number of nitrogens with one attached hydrogen (secondary N) is 1. The van der Waals surface area contributed by atoms with E-state index in [1.165, 1.54) is 14.0 Å². The van der Waals surface area contributed by atoms with Crippen molar-refractivity contribution >= 4 is 12.0 Å². The van der Waals surface area contributed by atoms with Crippen molar-refractivity contribution in [2.45, 2.75) is 44.8 Å². The second kappa shape index (κ2) is 5.69. The average molecular weight is 230 g/mol. The van der Waals surface area contributed by atoms with Gasteiger partial charge in [0.25, 0.3) is 0 Å². The van der Waals surface area contributed by atoms with E-state index in [9.17, 15) is 9.59 Å². The van der Waals surface area contributed by atoms with Crippen LogP contribution < -0.4 is 5.32 Å². The minimum absolute atomic E-state index is 0.209. The zero-order chi connectivity index (χ0) is 12.1. The lowest BCUT2D eigenvalue weighted by molar-refractivity contribution is -0.149. The van der Waals surface area contributed by atoms with Crippen LogP contribution in [0.1, 0.15) is 32.6 Å². The molecule has 2 atom stereocenters. The molecule has 1 aliphatic carbocycles. The summed E-state index contributed by atoms with van der Waals surface area (Å²) in [6.07, 6.45) is 3.20. The molecule has 2 N–H and O–H groups in total. The third-order valence-electron chi connectivity index (χ3n) is 2.62. The Morgan fingerprint density at radius 2 is 2.00 bits per heavy atom. The molecule has 2 amide bonds. The number of ether oxygens (including phenoxy) is 1. The van der Waals surface area contributed by atoms with Crippen molar-refractivity contribution in [1.82, 2.24) is 10.4 Å². The lowest BCUT2D eigenvalue weighted by Gasteiger charge is -2.31. The van der Waals surface area contributed by atoms with Crippen LogP contribution in [-0.4, -0.2) is 41.5 Å². The molecular weight excluding hydrogens is 212 g/mol. The molecular formula is C10H18N2O4. The monoisotopic (exact) mass is 230 g/mol. The molecule has 0 bridgehead atoms. The Labute approximate surface area is 94.5 Å². The van der Waals surface area contributed by atoms with Gasteiger partial charge in [-0.15, -0.1) is 0 Å². The van der Waals surface area contributed by atoms with E-state index in [0.717, 1.165) is 25.7 Å². The van der Waals surface area contributed by atoms with Crippen molar-refractivity contribution in [3.8, 4) is 0 Å². The van der Waals surface area contributed by atoms with E-state index in [0.29, 0.717) is 5.06 Å². The molecule has 1 rings (SSSR count). The first kappa shape index (κ1) is 12.8. The normalized spacial score (nSPS) is 24.7. The van der Waals surface area contributed by atoms with E-state index in [1.54, 1.807) is 0 Å². The van der Waals surface area contributed by atoms with Gasteiger partial charge in [0.2, 0.25) is 0 Å². The van der Waals surface area contributed by atoms with Crippen molar-refractivity contribution < 1.29 is 19.5 Å². The van der Waals surface area contributed by atoms with Gasteiger partial charge in [0.15, 0.2) is 0 Å². The molecule has 0 radical (unpaired) electrons. The molecule has 6 nitrogen and oxygen atoms in total. The number of urea groups is 1. The number of amides is 2. The Bertz CT molecular complexity index is 268. The van der Waals surface area contributed by atoms with Gasteiger partial charge in [0.05, 0.1) is 6.04 Å². The summed E-state index contributed by atoms with van der Waals surface area (Å²) in [6, 6.07) is -0.788. The van der Waals surface area contributed by atoms with Gasteiger partial charge in [-0.05, 0) is 19.3 Å². The molecule has 0 spiro atoms. The van der Waals surface area contributed by atoms with Crippen LogP contribution in [0.25, 0.3) is 0 Å². The summed E-state index contributed by atoms with van der Waals surface area (Å²) in [4.78, 5) is 22.1. The smallest absolute Gasteiger partial charge is 0.341 e. The molecule has 92 valence electrons. The Morgan fingerprint density at radius 1 is 1.38 bits per heavy atom. The molecule has 6 heteroatoms. The van der Waals surface area contributed by atoms with Crippen LogP contribution in [0.3, 0.4) is 0 Å². The highest BCUT2D eigenvalue weighted by molar-refractivity contribution is 5.73. The van der Waals surface area contributed by atoms with Gasteiger partial charge in [-0.1, -0.05) is 6.42 Å². The number of esters is 1. The number of carbonyl (C=O) groups is 2. The van der Waals surface area contributed by atoms with Gasteiger partial charge in [-0.3, -0.25) is 10.0 Å². The Morgan fingerprint density at radius 3 is 2.56 bits per heavy atom. The van der Waals surface area contributed by atoms with E-state index < -0.39 is 6.03 Å². The molecule has 1 fully saturated rings. The standard InChI is InChI=1S/C10H18N2O4/c1-7(13)16-9-6-4-3-5-8(9)11-10(14)12(2)15/h8-9,15H,3-6H2,1-2H3,(H,11,14). The summed E-state index contributed by atoms with van der Waals surface area (Å²) in [6.45, 7) is 1.35. The molecule has 2 unspecified atom stereocenters. The maximum Gasteiger partial charge on any atom is 0.341 e. The minimum atomic E-state index is -0.580. The number of hydroxylamine groups is 2. The highest BCUT2D eigenvalue weighted by Gasteiger charge is 2.29. The van der Waals surface area contributed by atoms with Crippen molar-refractivity contribution in [3.63, 3.8) is 0 Å². The van der Waals surface area contributed by atoms with Gasteiger partial charge in [0.1, 0.15) is 6.10 Å². The van der Waals surface area contributed by atoms with Gasteiger partial charge in [0, 0.05) is 14.0 Å². The first-order valence-corrected chi connectivity index (χ1v) is 5.41. The van der Waals surface area contributed by atoms with E-state index in [-0.39, 0.29) is 18.1 Å². The molecule has 0 aliphatic heterocycles. The molecule has 1 aliphatic rings. The van der Waals surface area contributed by atoms with Gasteiger partial charge in [-0.2, -0.15) is 0 Å². The zero-order valence-corrected chi connectivity index (χ0v) is 9.60. The van der Waals surface area contributed by atoms with Crippen LogP contribution in [0.4, 0.5) is 4.79 Å². The topological polar surface area (TPSA) is 78.9 Å².